The number of nitriles is 1. The van der Waals surface area contributed by atoms with E-state index in [1.54, 1.807) is 18.2 Å². The van der Waals surface area contributed by atoms with E-state index in [-0.39, 0.29) is 30.8 Å². The van der Waals surface area contributed by atoms with Gasteiger partial charge in [0.05, 0.1) is 24.1 Å². The van der Waals surface area contributed by atoms with Gasteiger partial charge in [0, 0.05) is 18.3 Å². The molecule has 0 saturated heterocycles. The molecule has 0 radical (unpaired) electrons. The molecule has 1 rings (SSSR count). The third-order valence-electron chi connectivity index (χ3n) is 2.92. The summed E-state index contributed by atoms with van der Waals surface area (Å²) in [4.78, 5) is 11.5. The number of hydrogen-bond acceptors (Lipinski definition) is 5. The van der Waals surface area contributed by atoms with Gasteiger partial charge in [0.15, 0.2) is 0 Å². The molecule has 1 aromatic carbocycles. The van der Waals surface area contributed by atoms with E-state index in [0.717, 1.165) is 18.7 Å². The standard InChI is InChI=1S/C15H20ClN3O2.ClH/c1-3-6-18-10-13(8-15(20)21-2)19-12-5-4-11(9-17)14(16)7-12;/h4-5,7,13,18-19H,3,6,8,10H2,1-2H3;1H/t13-;/m0./s1. The van der Waals surface area contributed by atoms with E-state index < -0.39 is 0 Å². The first-order valence-electron chi connectivity index (χ1n) is 6.84. The first-order chi connectivity index (χ1) is 10.1. The van der Waals surface area contributed by atoms with E-state index in [0.29, 0.717) is 17.1 Å². The highest BCUT2D eigenvalue weighted by Crippen LogP contribution is 2.21. The summed E-state index contributed by atoms with van der Waals surface area (Å²) in [5.41, 5.74) is 1.20. The van der Waals surface area contributed by atoms with Gasteiger partial charge < -0.3 is 15.4 Å². The monoisotopic (exact) mass is 345 g/mol. The van der Waals surface area contributed by atoms with Gasteiger partial charge in [-0.15, -0.1) is 12.4 Å². The van der Waals surface area contributed by atoms with Crippen molar-refractivity contribution in [2.45, 2.75) is 25.8 Å². The zero-order chi connectivity index (χ0) is 15.7. The van der Waals surface area contributed by atoms with Gasteiger partial charge >= 0.3 is 5.97 Å². The topological polar surface area (TPSA) is 74.2 Å². The molecule has 0 aliphatic heterocycles. The Morgan fingerprint density at radius 1 is 1.50 bits per heavy atom. The maximum absolute atomic E-state index is 11.5. The number of ether oxygens (including phenoxy) is 1. The van der Waals surface area contributed by atoms with Gasteiger partial charge in [0.2, 0.25) is 0 Å². The molecule has 0 aromatic heterocycles. The van der Waals surface area contributed by atoms with E-state index >= 15 is 0 Å². The third kappa shape index (κ3) is 6.99. The Hall–Kier alpha value is -1.48. The van der Waals surface area contributed by atoms with Crippen molar-refractivity contribution >= 4 is 35.7 Å². The van der Waals surface area contributed by atoms with Crippen LogP contribution in [-0.2, 0) is 9.53 Å². The molecule has 7 heteroatoms. The van der Waals surface area contributed by atoms with E-state index in [1.165, 1.54) is 7.11 Å². The number of benzene rings is 1. The van der Waals surface area contributed by atoms with Crippen LogP contribution in [0.15, 0.2) is 18.2 Å². The number of rotatable bonds is 8. The molecule has 1 atom stereocenters. The first kappa shape index (κ1) is 20.5. The summed E-state index contributed by atoms with van der Waals surface area (Å²) >= 11 is 6.00. The predicted octanol–water partition coefficient (Wildman–Crippen LogP) is 2.98. The van der Waals surface area contributed by atoms with Gasteiger partial charge in [-0.05, 0) is 31.2 Å². The fraction of sp³-hybridized carbons (Fsp3) is 0.467. The van der Waals surface area contributed by atoms with Crippen molar-refractivity contribution in [3.05, 3.63) is 28.8 Å². The molecule has 0 bridgehead atoms. The lowest BCUT2D eigenvalue weighted by Crippen LogP contribution is -2.35. The van der Waals surface area contributed by atoms with Crippen molar-refractivity contribution in [3.63, 3.8) is 0 Å². The van der Waals surface area contributed by atoms with Gasteiger partial charge in [0.1, 0.15) is 6.07 Å². The predicted molar refractivity (Wildman–Crippen MR) is 90.6 cm³/mol. The van der Waals surface area contributed by atoms with Gasteiger partial charge in [0.25, 0.3) is 0 Å². The molecule has 0 spiro atoms. The van der Waals surface area contributed by atoms with Crippen LogP contribution in [0.4, 0.5) is 5.69 Å². The molecule has 122 valence electrons. The van der Waals surface area contributed by atoms with Crippen molar-refractivity contribution < 1.29 is 9.53 Å². The van der Waals surface area contributed by atoms with E-state index in [2.05, 4.69) is 17.6 Å². The SMILES string of the molecule is CCCNC[C@H](CC(=O)OC)Nc1ccc(C#N)c(Cl)c1.Cl. The van der Waals surface area contributed by atoms with Crippen LogP contribution in [-0.4, -0.2) is 32.2 Å². The summed E-state index contributed by atoms with van der Waals surface area (Å²) < 4.78 is 4.71. The lowest BCUT2D eigenvalue weighted by Gasteiger charge is -2.19. The molecule has 0 heterocycles. The maximum atomic E-state index is 11.5. The Labute approximate surface area is 142 Å². The molecule has 22 heavy (non-hydrogen) atoms. The average molecular weight is 346 g/mol. The average Bonchev–Trinajstić information content (AvgIpc) is 2.47. The fourth-order valence-electron chi connectivity index (χ4n) is 1.84. The summed E-state index contributed by atoms with van der Waals surface area (Å²) in [7, 11) is 1.37. The zero-order valence-electron chi connectivity index (χ0n) is 12.7. The quantitative estimate of drug-likeness (QED) is 0.559. The lowest BCUT2D eigenvalue weighted by atomic mass is 10.1. The molecule has 5 nitrogen and oxygen atoms in total. The van der Waals surface area contributed by atoms with Gasteiger partial charge in [-0.2, -0.15) is 5.26 Å². The summed E-state index contributed by atoms with van der Waals surface area (Å²) in [6, 6.07) is 7.02. The van der Waals surface area contributed by atoms with Crippen LogP contribution >= 0.6 is 24.0 Å². The molecule has 0 fully saturated rings. The Balaban J connectivity index is 0.00000441. The van der Waals surface area contributed by atoms with Crippen LogP contribution in [0.2, 0.25) is 5.02 Å². The minimum Gasteiger partial charge on any atom is -0.469 e. The van der Waals surface area contributed by atoms with Crippen LogP contribution in [0, 0.1) is 11.3 Å². The first-order valence-corrected chi connectivity index (χ1v) is 7.22. The molecule has 1 aromatic rings. The fourth-order valence-corrected chi connectivity index (χ4v) is 2.07. The largest absolute Gasteiger partial charge is 0.469 e. The molecule has 0 unspecified atom stereocenters. The molecule has 2 N–H and O–H groups in total. The van der Waals surface area contributed by atoms with Crippen molar-refractivity contribution in [1.29, 1.82) is 5.26 Å². The Kier molecular flexibility index (Phi) is 10.4. The van der Waals surface area contributed by atoms with Crippen LogP contribution in [0.1, 0.15) is 25.3 Å². The maximum Gasteiger partial charge on any atom is 0.307 e. The van der Waals surface area contributed by atoms with Crippen molar-refractivity contribution in [2.75, 3.05) is 25.5 Å². The van der Waals surface area contributed by atoms with Crippen LogP contribution in [0.5, 0.6) is 0 Å². The van der Waals surface area contributed by atoms with Crippen molar-refractivity contribution in [3.8, 4) is 6.07 Å². The lowest BCUT2D eigenvalue weighted by molar-refractivity contribution is -0.140. The summed E-state index contributed by atoms with van der Waals surface area (Å²) in [5, 5.41) is 15.8. The van der Waals surface area contributed by atoms with Crippen molar-refractivity contribution in [2.24, 2.45) is 0 Å². The zero-order valence-corrected chi connectivity index (χ0v) is 14.3. The number of methoxy groups -OCH3 is 1. The van der Waals surface area contributed by atoms with Crippen LogP contribution in [0.3, 0.4) is 0 Å². The normalized spacial score (nSPS) is 11.0. The summed E-state index contributed by atoms with van der Waals surface area (Å²) in [5.74, 6) is -0.273. The third-order valence-corrected chi connectivity index (χ3v) is 3.23. The van der Waals surface area contributed by atoms with Gasteiger partial charge in [-0.1, -0.05) is 18.5 Å². The highest BCUT2D eigenvalue weighted by atomic mass is 35.5. The number of carbonyl (C=O) groups is 1. The van der Waals surface area contributed by atoms with E-state index in [9.17, 15) is 4.79 Å². The summed E-state index contributed by atoms with van der Waals surface area (Å²) in [6.07, 6.45) is 1.28. The molecular weight excluding hydrogens is 325 g/mol. The highest BCUT2D eigenvalue weighted by molar-refractivity contribution is 6.32. The van der Waals surface area contributed by atoms with Gasteiger partial charge in [-0.25, -0.2) is 0 Å². The second-order valence-corrected chi connectivity index (χ2v) is 5.04. The Bertz CT molecular complexity index is 518. The van der Waals surface area contributed by atoms with Crippen molar-refractivity contribution in [1.82, 2.24) is 5.32 Å². The molecular formula is C15H21Cl2N3O2. The Morgan fingerprint density at radius 2 is 2.23 bits per heavy atom. The number of halogens is 2. The number of anilines is 1. The number of esters is 1. The minimum absolute atomic E-state index is 0. The van der Waals surface area contributed by atoms with Crippen LogP contribution in [0.25, 0.3) is 0 Å². The molecule has 0 amide bonds. The van der Waals surface area contributed by atoms with Gasteiger partial charge in [-0.3, -0.25) is 4.79 Å². The molecule has 0 aliphatic rings. The minimum atomic E-state index is -0.273. The number of nitrogens with one attached hydrogen (secondary N) is 2. The second kappa shape index (κ2) is 11.1. The smallest absolute Gasteiger partial charge is 0.307 e. The number of carbonyl (C=O) groups excluding carboxylic acids is 1. The molecule has 0 aliphatic carbocycles. The number of nitrogens with zero attached hydrogens (tertiary/aromatic N) is 1. The second-order valence-electron chi connectivity index (χ2n) is 4.63. The van der Waals surface area contributed by atoms with E-state index in [1.807, 2.05) is 6.07 Å². The number of hydrogen-bond donors (Lipinski definition) is 2. The van der Waals surface area contributed by atoms with E-state index in [4.69, 9.17) is 21.6 Å². The highest BCUT2D eigenvalue weighted by Gasteiger charge is 2.14. The summed E-state index contributed by atoms with van der Waals surface area (Å²) in [6.45, 7) is 3.60. The van der Waals surface area contributed by atoms with Crippen LogP contribution < -0.4 is 10.6 Å². The Morgan fingerprint density at radius 3 is 2.77 bits per heavy atom. The molecule has 0 saturated carbocycles.